The number of likely N-dealkylation sites (N-methyl/N-ethyl adjacent to an activating group) is 1. The number of nitrogens with zero attached hydrogens (tertiary/aromatic N) is 1. The third kappa shape index (κ3) is 6.06. The molecule has 0 atom stereocenters. The Balaban J connectivity index is 0.00000242. The molecule has 0 spiro atoms. The van der Waals surface area contributed by atoms with E-state index < -0.39 is 0 Å². The SMILES string of the molecule is CN(CCOC(=O)c1ccc(Cl)cc1)Cc1ccccc1.Cl. The summed E-state index contributed by atoms with van der Waals surface area (Å²) in [4.78, 5) is 13.9. The van der Waals surface area contributed by atoms with Crippen LogP contribution in [0.2, 0.25) is 5.02 Å². The van der Waals surface area contributed by atoms with Crippen LogP contribution < -0.4 is 0 Å². The fourth-order valence-corrected chi connectivity index (χ4v) is 2.06. The summed E-state index contributed by atoms with van der Waals surface area (Å²) in [6.07, 6.45) is 0. The number of hydrogen-bond acceptors (Lipinski definition) is 3. The molecule has 0 unspecified atom stereocenters. The van der Waals surface area contributed by atoms with Crippen molar-refractivity contribution in [2.75, 3.05) is 20.2 Å². The first kappa shape index (κ1) is 18.5. The summed E-state index contributed by atoms with van der Waals surface area (Å²) in [6.45, 7) is 1.89. The van der Waals surface area contributed by atoms with E-state index in [1.807, 2.05) is 25.2 Å². The number of esters is 1. The lowest BCUT2D eigenvalue weighted by Crippen LogP contribution is -2.24. The van der Waals surface area contributed by atoms with Gasteiger partial charge in [0.2, 0.25) is 0 Å². The highest BCUT2D eigenvalue weighted by atomic mass is 35.5. The van der Waals surface area contributed by atoms with Gasteiger partial charge in [-0.2, -0.15) is 0 Å². The van der Waals surface area contributed by atoms with Crippen LogP contribution in [0.3, 0.4) is 0 Å². The van der Waals surface area contributed by atoms with Crippen molar-refractivity contribution >= 4 is 30.0 Å². The molecule has 0 saturated carbocycles. The second-order valence-corrected chi connectivity index (χ2v) is 5.30. The molecule has 22 heavy (non-hydrogen) atoms. The van der Waals surface area contributed by atoms with E-state index >= 15 is 0 Å². The molecule has 0 fully saturated rings. The van der Waals surface area contributed by atoms with Gasteiger partial charge in [-0.3, -0.25) is 4.90 Å². The molecule has 2 rings (SSSR count). The molecular formula is C17H19Cl2NO2. The molecule has 0 aromatic heterocycles. The van der Waals surface area contributed by atoms with E-state index in [1.54, 1.807) is 24.3 Å². The summed E-state index contributed by atoms with van der Waals surface area (Å²) < 4.78 is 5.25. The summed E-state index contributed by atoms with van der Waals surface area (Å²) in [5.74, 6) is -0.320. The molecule has 2 aromatic rings. The average molecular weight is 340 g/mol. The smallest absolute Gasteiger partial charge is 0.338 e. The third-order valence-corrected chi connectivity index (χ3v) is 3.33. The second kappa shape index (κ2) is 9.46. The molecular weight excluding hydrogens is 321 g/mol. The molecule has 0 bridgehead atoms. The Labute approximate surface area is 142 Å². The molecule has 0 aliphatic heterocycles. The summed E-state index contributed by atoms with van der Waals surface area (Å²) in [5.41, 5.74) is 1.76. The Morgan fingerprint density at radius 1 is 1.09 bits per heavy atom. The van der Waals surface area contributed by atoms with E-state index in [0.29, 0.717) is 23.7 Å². The van der Waals surface area contributed by atoms with E-state index in [-0.39, 0.29) is 18.4 Å². The van der Waals surface area contributed by atoms with Crippen molar-refractivity contribution in [1.82, 2.24) is 4.90 Å². The lowest BCUT2D eigenvalue weighted by molar-refractivity contribution is 0.0470. The van der Waals surface area contributed by atoms with Gasteiger partial charge >= 0.3 is 5.97 Å². The maximum Gasteiger partial charge on any atom is 0.338 e. The zero-order valence-electron chi connectivity index (χ0n) is 12.4. The van der Waals surface area contributed by atoms with Gasteiger partial charge in [0.25, 0.3) is 0 Å². The molecule has 3 nitrogen and oxygen atoms in total. The highest BCUT2D eigenvalue weighted by molar-refractivity contribution is 6.30. The van der Waals surface area contributed by atoms with Gasteiger partial charge in [-0.05, 0) is 36.9 Å². The number of carbonyl (C=O) groups is 1. The van der Waals surface area contributed by atoms with Gasteiger partial charge < -0.3 is 4.74 Å². The number of ether oxygens (including phenoxy) is 1. The van der Waals surface area contributed by atoms with E-state index in [1.165, 1.54) is 5.56 Å². The van der Waals surface area contributed by atoms with E-state index in [9.17, 15) is 4.79 Å². The fourth-order valence-electron chi connectivity index (χ4n) is 1.94. The molecule has 0 aliphatic rings. The molecule has 2 aromatic carbocycles. The standard InChI is InChI=1S/C17H18ClNO2.ClH/c1-19(13-14-5-3-2-4-6-14)11-12-21-17(20)15-7-9-16(18)10-8-15;/h2-10H,11-13H2,1H3;1H. The first-order chi connectivity index (χ1) is 10.1. The number of benzene rings is 2. The molecule has 0 N–H and O–H groups in total. The minimum absolute atomic E-state index is 0. The maximum absolute atomic E-state index is 11.8. The zero-order valence-corrected chi connectivity index (χ0v) is 13.9. The lowest BCUT2D eigenvalue weighted by Gasteiger charge is -2.16. The predicted molar refractivity (Wildman–Crippen MR) is 91.8 cm³/mol. The highest BCUT2D eigenvalue weighted by Crippen LogP contribution is 2.10. The van der Waals surface area contributed by atoms with Gasteiger partial charge in [0.15, 0.2) is 0 Å². The zero-order chi connectivity index (χ0) is 15.1. The van der Waals surface area contributed by atoms with Crippen LogP contribution in [-0.2, 0) is 11.3 Å². The summed E-state index contributed by atoms with van der Waals surface area (Å²) in [5, 5.41) is 0.606. The third-order valence-electron chi connectivity index (χ3n) is 3.08. The topological polar surface area (TPSA) is 29.5 Å². The Hall–Kier alpha value is -1.55. The number of halogens is 2. The monoisotopic (exact) mass is 339 g/mol. The minimum atomic E-state index is -0.320. The lowest BCUT2D eigenvalue weighted by atomic mass is 10.2. The molecule has 0 radical (unpaired) electrons. The van der Waals surface area contributed by atoms with Gasteiger partial charge in [0.05, 0.1) is 5.56 Å². The van der Waals surface area contributed by atoms with Crippen LogP contribution in [0, 0.1) is 0 Å². The van der Waals surface area contributed by atoms with Crippen molar-refractivity contribution in [2.45, 2.75) is 6.54 Å². The van der Waals surface area contributed by atoms with Crippen molar-refractivity contribution in [1.29, 1.82) is 0 Å². The van der Waals surface area contributed by atoms with Gasteiger partial charge in [-0.15, -0.1) is 12.4 Å². The average Bonchev–Trinajstić information content (AvgIpc) is 2.49. The number of carbonyl (C=O) groups excluding carboxylic acids is 1. The molecule has 0 aliphatic carbocycles. The van der Waals surface area contributed by atoms with Crippen LogP contribution in [0.4, 0.5) is 0 Å². The molecule has 0 saturated heterocycles. The van der Waals surface area contributed by atoms with Crippen molar-refractivity contribution < 1.29 is 9.53 Å². The first-order valence-electron chi connectivity index (χ1n) is 6.80. The van der Waals surface area contributed by atoms with Crippen LogP contribution in [0.15, 0.2) is 54.6 Å². The largest absolute Gasteiger partial charge is 0.461 e. The van der Waals surface area contributed by atoms with Crippen molar-refractivity contribution in [3.63, 3.8) is 0 Å². The second-order valence-electron chi connectivity index (χ2n) is 4.87. The predicted octanol–water partition coefficient (Wildman–Crippen LogP) is 4.05. The Morgan fingerprint density at radius 2 is 1.73 bits per heavy atom. The van der Waals surface area contributed by atoms with E-state index in [0.717, 1.165) is 6.54 Å². The van der Waals surface area contributed by atoms with Crippen LogP contribution in [0.25, 0.3) is 0 Å². The normalized spacial score (nSPS) is 10.1. The van der Waals surface area contributed by atoms with Gasteiger partial charge in [0, 0.05) is 18.1 Å². The summed E-state index contributed by atoms with van der Waals surface area (Å²) in [6, 6.07) is 16.9. The molecule has 0 heterocycles. The highest BCUT2D eigenvalue weighted by Gasteiger charge is 2.07. The van der Waals surface area contributed by atoms with Gasteiger partial charge in [-0.25, -0.2) is 4.79 Å². The summed E-state index contributed by atoms with van der Waals surface area (Å²) in [7, 11) is 2.00. The Bertz CT molecular complexity index is 573. The maximum atomic E-state index is 11.8. The van der Waals surface area contributed by atoms with Crippen molar-refractivity contribution in [3.8, 4) is 0 Å². The van der Waals surface area contributed by atoms with E-state index in [4.69, 9.17) is 16.3 Å². The minimum Gasteiger partial charge on any atom is -0.461 e. The molecule has 0 amide bonds. The summed E-state index contributed by atoms with van der Waals surface area (Å²) >= 11 is 5.78. The molecule has 5 heteroatoms. The first-order valence-corrected chi connectivity index (χ1v) is 7.18. The van der Waals surface area contributed by atoms with Crippen molar-refractivity contribution in [3.05, 3.63) is 70.7 Å². The number of hydrogen-bond donors (Lipinski definition) is 0. The van der Waals surface area contributed by atoms with Gasteiger partial charge in [-0.1, -0.05) is 41.9 Å². The fraction of sp³-hybridized carbons (Fsp3) is 0.235. The van der Waals surface area contributed by atoms with E-state index in [2.05, 4.69) is 17.0 Å². The van der Waals surface area contributed by atoms with Crippen molar-refractivity contribution in [2.24, 2.45) is 0 Å². The molecule has 118 valence electrons. The van der Waals surface area contributed by atoms with Gasteiger partial charge in [0.1, 0.15) is 6.61 Å². The quantitative estimate of drug-likeness (QED) is 0.743. The Kier molecular flexibility index (Phi) is 7.96. The van der Waals surface area contributed by atoms with Crippen LogP contribution in [0.5, 0.6) is 0 Å². The van der Waals surface area contributed by atoms with Crippen LogP contribution in [0.1, 0.15) is 15.9 Å². The van der Waals surface area contributed by atoms with Crippen LogP contribution in [-0.4, -0.2) is 31.1 Å². The Morgan fingerprint density at radius 3 is 2.36 bits per heavy atom. The number of rotatable bonds is 6. The van der Waals surface area contributed by atoms with Crippen LogP contribution >= 0.6 is 24.0 Å².